The Labute approximate surface area is 151 Å². The molecule has 2 amide bonds. The van der Waals surface area contributed by atoms with Crippen LogP contribution in [0.3, 0.4) is 0 Å². The molecule has 3 rings (SSSR count). The van der Waals surface area contributed by atoms with Crippen molar-refractivity contribution in [1.82, 2.24) is 0 Å². The first-order chi connectivity index (χ1) is 12.5. The molecule has 0 atom stereocenters. The highest BCUT2D eigenvalue weighted by Gasteiger charge is 2.16. The average molecular weight is 352 g/mol. The van der Waals surface area contributed by atoms with E-state index < -0.39 is 24.4 Å². The summed E-state index contributed by atoms with van der Waals surface area (Å²) in [6.07, 6.45) is 4.28. The maximum absolute atomic E-state index is 12.2. The van der Waals surface area contributed by atoms with E-state index in [1.165, 1.54) is 23.6 Å². The Morgan fingerprint density at radius 2 is 1.73 bits per heavy atom. The SMILES string of the molecule is NC(=O)c1ccccc1NC(=O)COC(=O)c1ccc2c(c1)CCCC2. The van der Waals surface area contributed by atoms with Gasteiger partial charge in [-0.1, -0.05) is 18.2 Å². The van der Waals surface area contributed by atoms with Gasteiger partial charge in [0.05, 0.1) is 16.8 Å². The summed E-state index contributed by atoms with van der Waals surface area (Å²) in [5.74, 6) is -1.73. The van der Waals surface area contributed by atoms with Gasteiger partial charge in [0.1, 0.15) is 0 Å². The summed E-state index contributed by atoms with van der Waals surface area (Å²) < 4.78 is 5.09. The lowest BCUT2D eigenvalue weighted by molar-refractivity contribution is -0.119. The smallest absolute Gasteiger partial charge is 0.338 e. The normalized spacial score (nSPS) is 12.8. The fourth-order valence-electron chi connectivity index (χ4n) is 3.07. The predicted molar refractivity (Wildman–Crippen MR) is 97.0 cm³/mol. The van der Waals surface area contributed by atoms with E-state index in [-0.39, 0.29) is 11.3 Å². The number of nitrogens with one attached hydrogen (secondary N) is 1. The zero-order valence-corrected chi connectivity index (χ0v) is 14.3. The number of anilines is 1. The molecule has 0 aromatic heterocycles. The molecule has 2 aromatic rings. The molecule has 0 unspecified atom stereocenters. The highest BCUT2D eigenvalue weighted by Crippen LogP contribution is 2.22. The lowest BCUT2D eigenvalue weighted by Gasteiger charge is -2.16. The second kappa shape index (κ2) is 7.82. The molecular weight excluding hydrogens is 332 g/mol. The largest absolute Gasteiger partial charge is 0.452 e. The summed E-state index contributed by atoms with van der Waals surface area (Å²) in [6.45, 7) is -0.441. The minimum Gasteiger partial charge on any atom is -0.452 e. The average Bonchev–Trinajstić information content (AvgIpc) is 2.66. The van der Waals surface area contributed by atoms with E-state index >= 15 is 0 Å². The van der Waals surface area contributed by atoms with Crippen LogP contribution in [0.15, 0.2) is 42.5 Å². The molecule has 6 nitrogen and oxygen atoms in total. The Hall–Kier alpha value is -3.15. The number of rotatable bonds is 5. The third-order valence-corrected chi connectivity index (χ3v) is 4.39. The number of primary amides is 1. The van der Waals surface area contributed by atoms with Crippen LogP contribution in [0, 0.1) is 0 Å². The van der Waals surface area contributed by atoms with Crippen molar-refractivity contribution in [1.29, 1.82) is 0 Å². The molecule has 0 spiro atoms. The van der Waals surface area contributed by atoms with Gasteiger partial charge in [0.2, 0.25) is 0 Å². The van der Waals surface area contributed by atoms with Gasteiger partial charge in [0.15, 0.2) is 6.61 Å². The number of benzene rings is 2. The van der Waals surface area contributed by atoms with Crippen LogP contribution in [0.1, 0.15) is 44.7 Å². The fraction of sp³-hybridized carbons (Fsp3) is 0.250. The van der Waals surface area contributed by atoms with Gasteiger partial charge in [0.25, 0.3) is 11.8 Å². The standard InChI is InChI=1S/C20H20N2O4/c21-19(24)16-7-3-4-8-17(16)22-18(23)12-26-20(25)15-10-9-13-5-1-2-6-14(13)11-15/h3-4,7-11H,1-2,5-6,12H2,(H2,21,24)(H,22,23). The van der Waals surface area contributed by atoms with Crippen LogP contribution >= 0.6 is 0 Å². The van der Waals surface area contributed by atoms with Crippen LogP contribution in [0.4, 0.5) is 5.69 Å². The van der Waals surface area contributed by atoms with E-state index in [0.29, 0.717) is 5.56 Å². The molecule has 0 heterocycles. The molecule has 0 saturated carbocycles. The fourth-order valence-corrected chi connectivity index (χ4v) is 3.07. The van der Waals surface area contributed by atoms with Crippen LogP contribution < -0.4 is 11.1 Å². The first-order valence-electron chi connectivity index (χ1n) is 8.52. The monoisotopic (exact) mass is 352 g/mol. The molecule has 1 aliphatic rings. The molecule has 2 aromatic carbocycles. The van der Waals surface area contributed by atoms with Crippen molar-refractivity contribution in [3.63, 3.8) is 0 Å². The molecule has 26 heavy (non-hydrogen) atoms. The first-order valence-corrected chi connectivity index (χ1v) is 8.52. The van der Waals surface area contributed by atoms with E-state index in [9.17, 15) is 14.4 Å². The molecule has 1 aliphatic carbocycles. The molecular formula is C20H20N2O4. The topological polar surface area (TPSA) is 98.5 Å². The van der Waals surface area contributed by atoms with Crippen LogP contribution in [0.25, 0.3) is 0 Å². The van der Waals surface area contributed by atoms with Crippen LogP contribution in [0.5, 0.6) is 0 Å². The Bertz CT molecular complexity index is 861. The molecule has 6 heteroatoms. The van der Waals surface area contributed by atoms with Crippen molar-refractivity contribution in [3.8, 4) is 0 Å². The number of hydrogen-bond donors (Lipinski definition) is 2. The maximum atomic E-state index is 12.2. The molecule has 0 aliphatic heterocycles. The van der Waals surface area contributed by atoms with Crippen molar-refractivity contribution < 1.29 is 19.1 Å². The number of esters is 1. The van der Waals surface area contributed by atoms with Crippen molar-refractivity contribution in [2.24, 2.45) is 5.73 Å². The Kier molecular flexibility index (Phi) is 5.31. The molecule has 0 saturated heterocycles. The number of para-hydroxylation sites is 1. The van der Waals surface area contributed by atoms with E-state index in [4.69, 9.17) is 10.5 Å². The maximum Gasteiger partial charge on any atom is 0.338 e. The number of aryl methyl sites for hydroxylation is 2. The number of carbonyl (C=O) groups is 3. The predicted octanol–water partition coefficient (Wildman–Crippen LogP) is 2.46. The minimum absolute atomic E-state index is 0.196. The summed E-state index contributed by atoms with van der Waals surface area (Å²) in [4.78, 5) is 35.6. The first kappa shape index (κ1) is 17.7. The number of ether oxygens (including phenoxy) is 1. The number of nitrogens with two attached hydrogens (primary N) is 1. The molecule has 0 fully saturated rings. The lowest BCUT2D eigenvalue weighted by Crippen LogP contribution is -2.23. The molecule has 0 bridgehead atoms. The summed E-state index contributed by atoms with van der Waals surface area (Å²) in [7, 11) is 0. The Morgan fingerprint density at radius 1 is 1.00 bits per heavy atom. The number of amides is 2. The number of hydrogen-bond acceptors (Lipinski definition) is 4. The van der Waals surface area contributed by atoms with Crippen molar-refractivity contribution >= 4 is 23.5 Å². The highest BCUT2D eigenvalue weighted by molar-refractivity contribution is 6.03. The van der Waals surface area contributed by atoms with Crippen molar-refractivity contribution in [2.75, 3.05) is 11.9 Å². The van der Waals surface area contributed by atoms with Gasteiger partial charge >= 0.3 is 5.97 Å². The summed E-state index contributed by atoms with van der Waals surface area (Å²) in [5.41, 5.74) is 8.64. The minimum atomic E-state index is -0.646. The Morgan fingerprint density at radius 3 is 2.50 bits per heavy atom. The van der Waals surface area contributed by atoms with Gasteiger partial charge in [0, 0.05) is 0 Å². The molecule has 134 valence electrons. The van der Waals surface area contributed by atoms with Crippen LogP contribution in [0.2, 0.25) is 0 Å². The van der Waals surface area contributed by atoms with E-state index in [0.717, 1.165) is 19.3 Å². The third-order valence-electron chi connectivity index (χ3n) is 4.39. The van der Waals surface area contributed by atoms with Gasteiger partial charge in [-0.3, -0.25) is 9.59 Å². The van der Waals surface area contributed by atoms with Gasteiger partial charge in [-0.25, -0.2) is 4.79 Å². The van der Waals surface area contributed by atoms with Crippen molar-refractivity contribution in [3.05, 3.63) is 64.7 Å². The van der Waals surface area contributed by atoms with Gasteiger partial charge < -0.3 is 15.8 Å². The summed E-state index contributed by atoms with van der Waals surface area (Å²) >= 11 is 0. The van der Waals surface area contributed by atoms with Crippen molar-refractivity contribution in [2.45, 2.75) is 25.7 Å². The Balaban J connectivity index is 1.59. The zero-order chi connectivity index (χ0) is 18.5. The van der Waals surface area contributed by atoms with E-state index in [1.54, 1.807) is 24.3 Å². The van der Waals surface area contributed by atoms with E-state index in [1.807, 2.05) is 12.1 Å². The van der Waals surface area contributed by atoms with Gasteiger partial charge in [-0.15, -0.1) is 0 Å². The van der Waals surface area contributed by atoms with Crippen LogP contribution in [-0.4, -0.2) is 24.4 Å². The van der Waals surface area contributed by atoms with E-state index in [2.05, 4.69) is 5.32 Å². The van der Waals surface area contributed by atoms with Gasteiger partial charge in [-0.05, 0) is 61.1 Å². The summed E-state index contributed by atoms with van der Waals surface area (Å²) in [5, 5.41) is 2.53. The molecule has 0 radical (unpaired) electrons. The second-order valence-electron chi connectivity index (χ2n) is 6.22. The highest BCUT2D eigenvalue weighted by atomic mass is 16.5. The lowest BCUT2D eigenvalue weighted by atomic mass is 9.90. The number of fused-ring (bicyclic) bond motifs is 1. The van der Waals surface area contributed by atoms with Gasteiger partial charge in [-0.2, -0.15) is 0 Å². The third kappa shape index (κ3) is 4.08. The summed E-state index contributed by atoms with van der Waals surface area (Å²) in [6, 6.07) is 11.9. The number of carbonyl (C=O) groups excluding carboxylic acids is 3. The second-order valence-corrected chi connectivity index (χ2v) is 6.22. The van der Waals surface area contributed by atoms with Crippen LogP contribution in [-0.2, 0) is 22.4 Å². The molecule has 3 N–H and O–H groups in total. The quantitative estimate of drug-likeness (QED) is 0.808. The zero-order valence-electron chi connectivity index (χ0n) is 14.3.